The zero-order valence-electron chi connectivity index (χ0n) is 11.2. The van der Waals surface area contributed by atoms with Crippen LogP contribution in [0.25, 0.3) is 6.08 Å². The van der Waals surface area contributed by atoms with Gasteiger partial charge in [0.05, 0.1) is 4.91 Å². The molecule has 22 heavy (non-hydrogen) atoms. The van der Waals surface area contributed by atoms with Crippen molar-refractivity contribution in [3.05, 3.63) is 57.1 Å². The van der Waals surface area contributed by atoms with E-state index in [4.69, 9.17) is 10.5 Å². The van der Waals surface area contributed by atoms with Crippen molar-refractivity contribution >= 4 is 46.2 Å². The highest BCUT2D eigenvalue weighted by Crippen LogP contribution is 2.27. The molecule has 0 saturated heterocycles. The minimum atomic E-state index is -0.404. The molecule has 1 aliphatic rings. The Labute approximate surface area is 134 Å². The number of rotatable bonds is 3. The molecule has 2 aromatic rings. The van der Waals surface area contributed by atoms with Crippen LogP contribution in [0.1, 0.15) is 15.2 Å². The number of ether oxygens (including phenoxy) is 1. The fourth-order valence-corrected chi connectivity index (χ4v) is 3.08. The van der Waals surface area contributed by atoms with Gasteiger partial charge in [-0.1, -0.05) is 18.2 Å². The van der Waals surface area contributed by atoms with Gasteiger partial charge in [-0.25, -0.2) is 4.79 Å². The van der Waals surface area contributed by atoms with Gasteiger partial charge in [-0.3, -0.25) is 4.79 Å². The molecule has 3 rings (SSSR count). The van der Waals surface area contributed by atoms with Crippen LogP contribution in [0, 0.1) is 0 Å². The third-order valence-electron chi connectivity index (χ3n) is 2.73. The Morgan fingerprint density at radius 2 is 2.14 bits per heavy atom. The first kappa shape index (κ1) is 14.6. The smallest absolute Gasteiger partial charge is 0.353 e. The summed E-state index contributed by atoms with van der Waals surface area (Å²) in [6.45, 7) is 0. The number of carbonyl (C=O) groups is 2. The van der Waals surface area contributed by atoms with Crippen LogP contribution in [0.2, 0.25) is 0 Å². The van der Waals surface area contributed by atoms with Crippen LogP contribution < -0.4 is 10.5 Å². The molecular formula is C15H10N2O3S2. The first-order valence-electron chi connectivity index (χ1n) is 6.25. The number of nitrogens with zero attached hydrogens (tertiary/aromatic N) is 1. The van der Waals surface area contributed by atoms with E-state index in [1.807, 2.05) is 5.38 Å². The lowest BCUT2D eigenvalue weighted by Crippen LogP contribution is -2.06. The maximum Gasteiger partial charge on any atom is 0.353 e. The summed E-state index contributed by atoms with van der Waals surface area (Å²) in [7, 11) is 0. The second kappa shape index (κ2) is 6.17. The number of hydrogen-bond donors (Lipinski definition) is 1. The van der Waals surface area contributed by atoms with Gasteiger partial charge < -0.3 is 10.5 Å². The predicted molar refractivity (Wildman–Crippen MR) is 87.9 cm³/mol. The van der Waals surface area contributed by atoms with Gasteiger partial charge in [0, 0.05) is 0 Å². The monoisotopic (exact) mass is 330 g/mol. The number of thioether (sulfide) groups is 1. The summed E-state index contributed by atoms with van der Waals surface area (Å²) in [6.07, 6.45) is 1.67. The molecule has 1 amide bonds. The van der Waals surface area contributed by atoms with E-state index in [1.165, 1.54) is 11.3 Å². The molecule has 2 N–H and O–H groups in total. The quantitative estimate of drug-likeness (QED) is 0.531. The van der Waals surface area contributed by atoms with Crippen LogP contribution in [0.4, 0.5) is 0 Å². The van der Waals surface area contributed by atoms with E-state index in [0.717, 1.165) is 17.3 Å². The van der Waals surface area contributed by atoms with E-state index in [1.54, 1.807) is 42.5 Å². The molecule has 0 atom stereocenters. The molecule has 0 saturated carbocycles. The number of nitrogens with two attached hydrogens (primary N) is 1. The Morgan fingerprint density at radius 1 is 1.27 bits per heavy atom. The highest BCUT2D eigenvalue weighted by atomic mass is 32.2. The minimum absolute atomic E-state index is 0.233. The van der Waals surface area contributed by atoms with Gasteiger partial charge in [0.1, 0.15) is 10.6 Å². The molecule has 0 fully saturated rings. The summed E-state index contributed by atoms with van der Waals surface area (Å²) in [5.74, 6) is -0.348. The molecule has 0 bridgehead atoms. The zero-order valence-corrected chi connectivity index (χ0v) is 12.8. The van der Waals surface area contributed by atoms with E-state index in [9.17, 15) is 9.59 Å². The van der Waals surface area contributed by atoms with E-state index in [2.05, 4.69) is 4.99 Å². The summed E-state index contributed by atoms with van der Waals surface area (Å²) >= 11 is 2.44. The largest absolute Gasteiger partial charge is 0.422 e. The van der Waals surface area contributed by atoms with Crippen molar-refractivity contribution < 1.29 is 14.3 Å². The molecule has 0 spiro atoms. The van der Waals surface area contributed by atoms with Gasteiger partial charge in [-0.05, 0) is 47.0 Å². The van der Waals surface area contributed by atoms with E-state index in [0.29, 0.717) is 15.5 Å². The molecule has 5 nitrogen and oxygen atoms in total. The summed E-state index contributed by atoms with van der Waals surface area (Å²) in [4.78, 5) is 28.1. The number of amides is 1. The number of thiophene rings is 1. The second-order valence-corrected chi connectivity index (χ2v) is 6.32. The number of aliphatic imine (C=N–C) groups is 1. The third-order valence-corrected chi connectivity index (χ3v) is 4.39. The SMILES string of the molecule is NC1=NC(=O)/C(=C/c2cccc(OC(=O)c3cccs3)c2)S1. The molecule has 0 aliphatic carbocycles. The van der Waals surface area contributed by atoms with E-state index in [-0.39, 0.29) is 11.1 Å². The molecule has 1 aromatic carbocycles. The number of benzene rings is 1. The average Bonchev–Trinajstić information content (AvgIpc) is 3.10. The molecule has 2 heterocycles. The van der Waals surface area contributed by atoms with Crippen molar-refractivity contribution in [1.29, 1.82) is 0 Å². The van der Waals surface area contributed by atoms with Crippen molar-refractivity contribution in [3.63, 3.8) is 0 Å². The van der Waals surface area contributed by atoms with Gasteiger partial charge in [0.15, 0.2) is 5.17 Å². The number of amidine groups is 1. The Bertz CT molecular complexity index is 795. The van der Waals surface area contributed by atoms with Crippen LogP contribution >= 0.6 is 23.1 Å². The number of esters is 1. The Balaban J connectivity index is 1.77. The van der Waals surface area contributed by atoms with E-state index >= 15 is 0 Å². The summed E-state index contributed by atoms with van der Waals surface area (Å²) in [5, 5.41) is 2.04. The first-order valence-corrected chi connectivity index (χ1v) is 7.95. The van der Waals surface area contributed by atoms with Crippen molar-refractivity contribution in [2.75, 3.05) is 0 Å². The van der Waals surface area contributed by atoms with Crippen molar-refractivity contribution in [3.8, 4) is 5.75 Å². The van der Waals surface area contributed by atoms with Crippen molar-refractivity contribution in [1.82, 2.24) is 0 Å². The van der Waals surface area contributed by atoms with Gasteiger partial charge in [0.25, 0.3) is 5.91 Å². The lowest BCUT2D eigenvalue weighted by molar-refractivity contribution is -0.113. The molecule has 0 unspecified atom stereocenters. The van der Waals surface area contributed by atoms with Crippen LogP contribution in [0.15, 0.2) is 51.7 Å². The average molecular weight is 330 g/mol. The molecule has 1 aromatic heterocycles. The Hall–Kier alpha value is -2.38. The third kappa shape index (κ3) is 3.26. The number of hydrogen-bond acceptors (Lipinski definition) is 6. The molecular weight excluding hydrogens is 320 g/mol. The van der Waals surface area contributed by atoms with Gasteiger partial charge in [-0.2, -0.15) is 4.99 Å². The van der Waals surface area contributed by atoms with Gasteiger partial charge in [0.2, 0.25) is 0 Å². The molecule has 110 valence electrons. The number of carbonyl (C=O) groups excluding carboxylic acids is 2. The first-order chi connectivity index (χ1) is 10.6. The van der Waals surface area contributed by atoms with Crippen LogP contribution in [0.3, 0.4) is 0 Å². The van der Waals surface area contributed by atoms with Crippen LogP contribution in [-0.2, 0) is 4.79 Å². The summed E-state index contributed by atoms with van der Waals surface area (Å²) in [6, 6.07) is 10.4. The Morgan fingerprint density at radius 3 is 2.82 bits per heavy atom. The highest BCUT2D eigenvalue weighted by Gasteiger charge is 2.19. The fourth-order valence-electron chi connectivity index (χ4n) is 1.80. The van der Waals surface area contributed by atoms with Crippen LogP contribution in [-0.4, -0.2) is 17.0 Å². The zero-order chi connectivity index (χ0) is 15.5. The van der Waals surface area contributed by atoms with Crippen LogP contribution in [0.5, 0.6) is 5.75 Å². The maximum atomic E-state index is 11.9. The van der Waals surface area contributed by atoms with Gasteiger partial charge >= 0.3 is 5.97 Å². The summed E-state index contributed by atoms with van der Waals surface area (Å²) < 4.78 is 5.31. The normalized spacial score (nSPS) is 15.9. The predicted octanol–water partition coefficient (Wildman–Crippen LogP) is 2.90. The van der Waals surface area contributed by atoms with Crippen molar-refractivity contribution in [2.45, 2.75) is 0 Å². The van der Waals surface area contributed by atoms with E-state index < -0.39 is 5.97 Å². The topological polar surface area (TPSA) is 81.8 Å². The lowest BCUT2D eigenvalue weighted by Gasteiger charge is -2.04. The maximum absolute atomic E-state index is 11.9. The lowest BCUT2D eigenvalue weighted by atomic mass is 10.2. The fraction of sp³-hybridized carbons (Fsp3) is 0. The minimum Gasteiger partial charge on any atom is -0.422 e. The second-order valence-electron chi connectivity index (χ2n) is 4.31. The van der Waals surface area contributed by atoms with Crippen molar-refractivity contribution in [2.24, 2.45) is 10.7 Å². The molecule has 7 heteroatoms. The molecule has 0 radical (unpaired) electrons. The standard InChI is InChI=1S/C15H10N2O3S2/c16-15-17-13(18)12(22-15)8-9-3-1-4-10(7-9)20-14(19)11-5-2-6-21-11/h1-8H,(H2,16,17,18)/b12-8-. The highest BCUT2D eigenvalue weighted by molar-refractivity contribution is 8.18. The Kier molecular flexibility index (Phi) is 4.08. The van der Waals surface area contributed by atoms with Gasteiger partial charge in [-0.15, -0.1) is 11.3 Å². The molecule has 1 aliphatic heterocycles. The summed E-state index contributed by atoms with van der Waals surface area (Å²) in [5.41, 5.74) is 6.24.